The van der Waals surface area contributed by atoms with Crippen LogP contribution in [0.3, 0.4) is 0 Å². The van der Waals surface area contributed by atoms with Gasteiger partial charge in [-0.2, -0.15) is 0 Å². The summed E-state index contributed by atoms with van der Waals surface area (Å²) in [4.78, 5) is 29.9. The number of benzene rings is 1. The van der Waals surface area contributed by atoms with Crippen molar-refractivity contribution in [3.63, 3.8) is 0 Å². The number of unbranched alkanes of at least 4 members (excludes halogenated alkanes) is 1. The Morgan fingerprint density at radius 2 is 1.92 bits per heavy atom. The fraction of sp³-hybridized carbons (Fsp3) is 0.231. The standard InChI is InChI=1S/C26H26N8O3/c1-3-4-8-21-16-34(24-22(25(35)36)10-12-32(24)2)26(37)33(21)15-20-14-18(9-11-27-20)17-6-5-7-19(13-17)23-28-30-31-29-23/h5-7,9-14,16H,3-4,8,15H2,1-2H3,(H,35,36)(H,28,29,30,31). The van der Waals surface area contributed by atoms with Crippen molar-refractivity contribution in [2.45, 2.75) is 32.7 Å². The summed E-state index contributed by atoms with van der Waals surface area (Å²) >= 11 is 0. The summed E-state index contributed by atoms with van der Waals surface area (Å²) in [6, 6.07) is 13.2. The Bertz CT molecular complexity index is 1610. The molecule has 0 unspecified atom stereocenters. The van der Waals surface area contributed by atoms with Gasteiger partial charge >= 0.3 is 11.7 Å². The largest absolute Gasteiger partial charge is 0.478 e. The average molecular weight is 499 g/mol. The summed E-state index contributed by atoms with van der Waals surface area (Å²) in [5, 5.41) is 23.7. The molecule has 0 spiro atoms. The van der Waals surface area contributed by atoms with Crippen molar-refractivity contribution >= 4 is 5.97 Å². The van der Waals surface area contributed by atoms with Crippen LogP contribution in [0.15, 0.2) is 65.8 Å². The Hall–Kier alpha value is -4.80. The van der Waals surface area contributed by atoms with E-state index < -0.39 is 5.97 Å². The minimum absolute atomic E-state index is 0.0748. The SMILES string of the molecule is CCCCc1cn(-c2c(C(=O)O)ccn2C)c(=O)n1Cc1cc(-c2cccc(-c3nnn[nH]3)c2)ccn1. The highest BCUT2D eigenvalue weighted by Crippen LogP contribution is 2.25. The van der Waals surface area contributed by atoms with Crippen molar-refractivity contribution in [3.8, 4) is 28.3 Å². The predicted octanol–water partition coefficient (Wildman–Crippen LogP) is 3.31. The van der Waals surface area contributed by atoms with Crippen LogP contribution in [-0.4, -0.2) is 50.4 Å². The van der Waals surface area contributed by atoms with Crippen LogP contribution in [-0.2, 0) is 20.0 Å². The first kappa shape index (κ1) is 23.9. The summed E-state index contributed by atoms with van der Waals surface area (Å²) in [7, 11) is 1.73. The van der Waals surface area contributed by atoms with Crippen LogP contribution in [0.4, 0.5) is 0 Å². The first-order chi connectivity index (χ1) is 18.0. The Balaban J connectivity index is 1.53. The highest BCUT2D eigenvalue weighted by Gasteiger charge is 2.21. The lowest BCUT2D eigenvalue weighted by Crippen LogP contribution is -2.27. The van der Waals surface area contributed by atoms with E-state index in [-0.39, 0.29) is 17.8 Å². The number of imidazole rings is 1. The van der Waals surface area contributed by atoms with E-state index in [9.17, 15) is 14.7 Å². The summed E-state index contributed by atoms with van der Waals surface area (Å²) in [6.45, 7) is 2.35. The molecule has 4 heterocycles. The molecular weight excluding hydrogens is 472 g/mol. The molecule has 11 nitrogen and oxygen atoms in total. The molecular formula is C26H26N8O3. The Labute approximate surface area is 212 Å². The van der Waals surface area contributed by atoms with Crippen molar-refractivity contribution in [1.29, 1.82) is 0 Å². The second-order valence-electron chi connectivity index (χ2n) is 8.80. The molecule has 0 amide bonds. The Morgan fingerprint density at radius 3 is 2.68 bits per heavy atom. The molecule has 0 atom stereocenters. The van der Waals surface area contributed by atoms with Crippen LogP contribution in [0.5, 0.6) is 0 Å². The van der Waals surface area contributed by atoms with E-state index >= 15 is 0 Å². The number of hydrogen-bond donors (Lipinski definition) is 2. The number of nitrogens with one attached hydrogen (secondary N) is 1. The fourth-order valence-corrected chi connectivity index (χ4v) is 4.43. The van der Waals surface area contributed by atoms with Gasteiger partial charge in [-0.05, 0) is 58.7 Å². The minimum Gasteiger partial charge on any atom is -0.478 e. The van der Waals surface area contributed by atoms with Gasteiger partial charge in [0.1, 0.15) is 11.4 Å². The molecule has 0 aliphatic heterocycles. The molecule has 1 aromatic carbocycles. The third-order valence-corrected chi connectivity index (χ3v) is 6.30. The number of aromatic carboxylic acids is 1. The molecule has 5 rings (SSSR count). The lowest BCUT2D eigenvalue weighted by molar-refractivity contribution is 0.0697. The molecule has 188 valence electrons. The van der Waals surface area contributed by atoms with E-state index in [1.54, 1.807) is 34.8 Å². The number of aryl methyl sites for hydroxylation is 2. The molecule has 37 heavy (non-hydrogen) atoms. The lowest BCUT2D eigenvalue weighted by Gasteiger charge is -2.09. The Morgan fingerprint density at radius 1 is 1.11 bits per heavy atom. The van der Waals surface area contributed by atoms with Gasteiger partial charge in [0.25, 0.3) is 0 Å². The first-order valence-corrected chi connectivity index (χ1v) is 12.0. The van der Waals surface area contributed by atoms with E-state index in [4.69, 9.17) is 0 Å². The number of pyridine rings is 1. The molecule has 0 fully saturated rings. The maximum atomic E-state index is 13.6. The van der Waals surface area contributed by atoms with Crippen molar-refractivity contribution in [1.82, 2.24) is 39.3 Å². The number of carboxylic acids is 1. The van der Waals surface area contributed by atoms with Gasteiger partial charge in [0.15, 0.2) is 5.82 Å². The monoisotopic (exact) mass is 498 g/mol. The van der Waals surface area contributed by atoms with E-state index in [1.807, 2.05) is 36.4 Å². The molecule has 0 saturated heterocycles. The van der Waals surface area contributed by atoms with Crippen LogP contribution in [0.1, 0.15) is 41.5 Å². The number of carboxylic acid groups (broad SMARTS) is 1. The van der Waals surface area contributed by atoms with Crippen molar-refractivity contribution in [3.05, 3.63) is 88.5 Å². The van der Waals surface area contributed by atoms with Crippen molar-refractivity contribution in [2.24, 2.45) is 7.05 Å². The van der Waals surface area contributed by atoms with Crippen molar-refractivity contribution < 1.29 is 9.90 Å². The smallest absolute Gasteiger partial charge is 0.339 e. The van der Waals surface area contributed by atoms with Crippen LogP contribution >= 0.6 is 0 Å². The van der Waals surface area contributed by atoms with E-state index in [0.29, 0.717) is 23.8 Å². The lowest BCUT2D eigenvalue weighted by atomic mass is 10.0. The highest BCUT2D eigenvalue weighted by molar-refractivity contribution is 5.91. The van der Waals surface area contributed by atoms with Gasteiger partial charge in [0, 0.05) is 36.9 Å². The maximum absolute atomic E-state index is 13.6. The van der Waals surface area contributed by atoms with Gasteiger partial charge in [0.2, 0.25) is 0 Å². The summed E-state index contributed by atoms with van der Waals surface area (Å²) in [5.74, 6) is -0.177. The van der Waals surface area contributed by atoms with E-state index in [2.05, 4.69) is 32.5 Å². The summed E-state index contributed by atoms with van der Waals surface area (Å²) < 4.78 is 4.75. The van der Waals surface area contributed by atoms with Crippen LogP contribution in [0, 0.1) is 0 Å². The minimum atomic E-state index is -1.08. The number of H-pyrrole nitrogens is 1. The quantitative estimate of drug-likeness (QED) is 0.318. The molecule has 0 bridgehead atoms. The number of carbonyl (C=O) groups is 1. The first-order valence-electron chi connectivity index (χ1n) is 12.0. The molecule has 11 heteroatoms. The van der Waals surface area contributed by atoms with E-state index in [1.165, 1.54) is 10.6 Å². The number of aromatic amines is 1. The van der Waals surface area contributed by atoms with Gasteiger partial charge in [-0.15, -0.1) is 5.10 Å². The third-order valence-electron chi connectivity index (χ3n) is 6.30. The van der Waals surface area contributed by atoms with Gasteiger partial charge in [-0.25, -0.2) is 14.7 Å². The summed E-state index contributed by atoms with van der Waals surface area (Å²) in [6.07, 6.45) is 7.67. The maximum Gasteiger partial charge on any atom is 0.339 e. The number of hydrogen-bond acceptors (Lipinski definition) is 6. The van der Waals surface area contributed by atoms with Crippen LogP contribution in [0.2, 0.25) is 0 Å². The molecule has 0 aliphatic rings. The topological polar surface area (TPSA) is 137 Å². The van der Waals surface area contributed by atoms with Crippen molar-refractivity contribution in [2.75, 3.05) is 0 Å². The second-order valence-corrected chi connectivity index (χ2v) is 8.80. The molecule has 2 N–H and O–H groups in total. The van der Waals surface area contributed by atoms with Gasteiger partial charge in [0.05, 0.1) is 12.2 Å². The molecule has 0 aliphatic carbocycles. The number of tetrazole rings is 1. The zero-order chi connectivity index (χ0) is 25.9. The van der Waals surface area contributed by atoms with Gasteiger partial charge in [-0.1, -0.05) is 31.5 Å². The molecule has 0 saturated carbocycles. The third kappa shape index (κ3) is 4.70. The zero-order valence-corrected chi connectivity index (χ0v) is 20.5. The predicted molar refractivity (Wildman–Crippen MR) is 137 cm³/mol. The van der Waals surface area contributed by atoms with Gasteiger partial charge < -0.3 is 9.67 Å². The Kier molecular flexibility index (Phi) is 6.50. The average Bonchev–Trinajstić information content (AvgIpc) is 3.64. The number of rotatable bonds is 9. The van der Waals surface area contributed by atoms with Gasteiger partial charge in [-0.3, -0.25) is 14.1 Å². The molecule has 5 aromatic rings. The molecule has 0 radical (unpaired) electrons. The van der Waals surface area contributed by atoms with E-state index in [0.717, 1.165) is 35.2 Å². The highest BCUT2D eigenvalue weighted by atomic mass is 16.4. The van der Waals surface area contributed by atoms with Crippen LogP contribution in [0.25, 0.3) is 28.3 Å². The summed E-state index contributed by atoms with van der Waals surface area (Å²) in [5.41, 5.74) is 4.07. The molecule has 4 aromatic heterocycles. The second kappa shape index (κ2) is 10.1. The zero-order valence-electron chi connectivity index (χ0n) is 20.5. The fourth-order valence-electron chi connectivity index (χ4n) is 4.43. The van der Waals surface area contributed by atoms with Crippen LogP contribution < -0.4 is 5.69 Å². The normalized spacial score (nSPS) is 11.2. The number of aromatic nitrogens is 8. The number of nitrogens with zero attached hydrogens (tertiary/aromatic N) is 7.